The summed E-state index contributed by atoms with van der Waals surface area (Å²) in [6, 6.07) is 5.27. The van der Waals surface area contributed by atoms with E-state index in [1.807, 2.05) is 0 Å². The number of nitrogens with zero attached hydrogens (tertiary/aromatic N) is 1. The maximum absolute atomic E-state index is 12.7. The minimum Gasteiger partial charge on any atom is -0.396 e. The fourth-order valence-electron chi connectivity index (χ4n) is 2.06. The molecule has 0 bridgehead atoms. The summed E-state index contributed by atoms with van der Waals surface area (Å²) in [5, 5.41) is 8.73. The van der Waals surface area contributed by atoms with E-state index in [1.54, 1.807) is 22.9 Å². The van der Waals surface area contributed by atoms with Crippen molar-refractivity contribution in [1.82, 2.24) is 4.57 Å². The van der Waals surface area contributed by atoms with Crippen LogP contribution in [0.25, 0.3) is 5.69 Å². The Bertz CT molecular complexity index is 614. The van der Waals surface area contributed by atoms with Gasteiger partial charge in [-0.25, -0.2) is 0 Å². The zero-order valence-electron chi connectivity index (χ0n) is 10.8. The van der Waals surface area contributed by atoms with Crippen molar-refractivity contribution in [2.24, 2.45) is 0 Å². The van der Waals surface area contributed by atoms with Crippen molar-refractivity contribution in [2.45, 2.75) is 19.0 Å². The maximum Gasteiger partial charge on any atom is 0.416 e. The molecular weight excluding hydrogens is 326 g/mol. The first-order chi connectivity index (χ1) is 9.84. The van der Waals surface area contributed by atoms with E-state index in [0.29, 0.717) is 18.5 Å². The van der Waals surface area contributed by atoms with Gasteiger partial charge < -0.3 is 9.67 Å². The van der Waals surface area contributed by atoms with Gasteiger partial charge in [0.25, 0.3) is 0 Å². The first-order valence-electron chi connectivity index (χ1n) is 6.18. The normalized spacial score (nSPS) is 11.9. The lowest BCUT2D eigenvalue weighted by molar-refractivity contribution is -0.137. The maximum atomic E-state index is 12.7. The molecule has 2 nitrogen and oxygen atoms in total. The Morgan fingerprint density at radius 1 is 1.14 bits per heavy atom. The summed E-state index contributed by atoms with van der Waals surface area (Å²) in [6.45, 7) is 0.0274. The molecule has 114 valence electrons. The number of aliphatic hydroxyl groups excluding tert-OH is 1. The molecule has 2 aromatic rings. The third-order valence-electron chi connectivity index (χ3n) is 3.01. The molecule has 1 aromatic carbocycles. The number of hydrogen-bond donors (Lipinski definition) is 1. The Morgan fingerprint density at radius 3 is 2.29 bits per heavy atom. The van der Waals surface area contributed by atoms with Crippen LogP contribution < -0.4 is 0 Å². The van der Waals surface area contributed by atoms with Crippen molar-refractivity contribution in [1.29, 1.82) is 0 Å². The molecule has 0 saturated carbocycles. The van der Waals surface area contributed by atoms with Crippen molar-refractivity contribution in [3.8, 4) is 5.69 Å². The van der Waals surface area contributed by atoms with Crippen LogP contribution in [-0.4, -0.2) is 16.3 Å². The molecule has 21 heavy (non-hydrogen) atoms. The van der Waals surface area contributed by atoms with Crippen LogP contribution in [0.5, 0.6) is 0 Å². The molecule has 0 radical (unpaired) electrons. The zero-order valence-corrected chi connectivity index (χ0v) is 12.3. The van der Waals surface area contributed by atoms with E-state index in [2.05, 4.69) is 0 Å². The Balaban J connectivity index is 2.48. The molecule has 0 saturated heterocycles. The van der Waals surface area contributed by atoms with Crippen molar-refractivity contribution in [2.75, 3.05) is 6.61 Å². The van der Waals surface area contributed by atoms with Gasteiger partial charge in [-0.2, -0.15) is 13.2 Å². The number of aromatic nitrogens is 1. The molecule has 0 fully saturated rings. The van der Waals surface area contributed by atoms with E-state index in [-0.39, 0.29) is 16.7 Å². The number of aliphatic hydroxyl groups is 1. The summed E-state index contributed by atoms with van der Waals surface area (Å²) >= 11 is 12.0. The van der Waals surface area contributed by atoms with Crippen LogP contribution in [0.1, 0.15) is 17.7 Å². The largest absolute Gasteiger partial charge is 0.416 e. The molecule has 2 rings (SSSR count). The van der Waals surface area contributed by atoms with Gasteiger partial charge >= 0.3 is 6.18 Å². The Kier molecular flexibility index (Phi) is 4.86. The van der Waals surface area contributed by atoms with E-state index >= 15 is 0 Å². The van der Waals surface area contributed by atoms with Gasteiger partial charge in [0.2, 0.25) is 0 Å². The Morgan fingerprint density at radius 2 is 1.76 bits per heavy atom. The number of alkyl halides is 3. The molecule has 0 aliphatic carbocycles. The van der Waals surface area contributed by atoms with Gasteiger partial charge in [0.1, 0.15) is 0 Å². The van der Waals surface area contributed by atoms with Crippen LogP contribution in [0.2, 0.25) is 10.0 Å². The smallest absolute Gasteiger partial charge is 0.396 e. The van der Waals surface area contributed by atoms with Crippen LogP contribution in [0.15, 0.2) is 30.5 Å². The molecular formula is C14H12Cl2F3NO. The van der Waals surface area contributed by atoms with E-state index in [4.69, 9.17) is 28.3 Å². The second-order valence-electron chi connectivity index (χ2n) is 4.48. The second-order valence-corrected chi connectivity index (χ2v) is 5.30. The molecule has 0 spiro atoms. The van der Waals surface area contributed by atoms with Crippen LogP contribution >= 0.6 is 23.2 Å². The monoisotopic (exact) mass is 337 g/mol. The average molecular weight is 338 g/mol. The minimum absolute atomic E-state index is 0.0274. The standard InChI is InChI=1S/C14H12Cl2F3NO/c15-11-7-9(14(17,18)19)8-12(16)13(11)20-5-1-3-10(20)4-2-6-21/h1,3,5,7-8,21H,2,4,6H2. The number of rotatable bonds is 4. The zero-order chi connectivity index (χ0) is 15.6. The third kappa shape index (κ3) is 3.54. The van der Waals surface area contributed by atoms with Crippen molar-refractivity contribution < 1.29 is 18.3 Å². The SMILES string of the molecule is OCCCc1cccn1-c1c(Cl)cc(C(F)(F)F)cc1Cl. The first-order valence-corrected chi connectivity index (χ1v) is 6.94. The number of hydrogen-bond acceptors (Lipinski definition) is 1. The van der Waals surface area contributed by atoms with Gasteiger partial charge in [-0.15, -0.1) is 0 Å². The van der Waals surface area contributed by atoms with Crippen LogP contribution in [0, 0.1) is 0 Å². The van der Waals surface area contributed by atoms with E-state index < -0.39 is 11.7 Å². The number of aryl methyl sites for hydroxylation is 1. The summed E-state index contributed by atoms with van der Waals surface area (Å²) in [6.07, 6.45) is -1.72. The molecule has 1 aromatic heterocycles. The quantitative estimate of drug-likeness (QED) is 0.857. The Hall–Kier alpha value is -1.17. The van der Waals surface area contributed by atoms with Crippen molar-refractivity contribution in [3.05, 3.63) is 51.8 Å². The molecule has 0 aliphatic rings. The minimum atomic E-state index is -4.50. The lowest BCUT2D eigenvalue weighted by Gasteiger charge is -2.15. The summed E-state index contributed by atoms with van der Waals surface area (Å²) in [5.41, 5.74) is 0.238. The topological polar surface area (TPSA) is 25.2 Å². The van der Waals surface area contributed by atoms with Crippen LogP contribution in [0.3, 0.4) is 0 Å². The van der Waals surface area contributed by atoms with Crippen molar-refractivity contribution >= 4 is 23.2 Å². The summed E-state index contributed by atoms with van der Waals surface area (Å²) in [4.78, 5) is 0. The molecule has 0 aliphatic heterocycles. The van der Waals surface area contributed by atoms with Crippen LogP contribution in [0.4, 0.5) is 13.2 Å². The predicted molar refractivity (Wildman–Crippen MR) is 76.2 cm³/mol. The lowest BCUT2D eigenvalue weighted by atomic mass is 10.2. The lowest BCUT2D eigenvalue weighted by Crippen LogP contribution is -2.07. The molecule has 7 heteroatoms. The van der Waals surface area contributed by atoms with Gasteiger partial charge in [-0.05, 0) is 37.1 Å². The van der Waals surface area contributed by atoms with Gasteiger partial charge in [-0.3, -0.25) is 0 Å². The summed E-state index contributed by atoms with van der Waals surface area (Å²) in [5.74, 6) is 0. The highest BCUT2D eigenvalue weighted by Gasteiger charge is 2.32. The first kappa shape index (κ1) is 16.2. The molecule has 1 N–H and O–H groups in total. The van der Waals surface area contributed by atoms with Gasteiger partial charge in [-0.1, -0.05) is 23.2 Å². The third-order valence-corrected chi connectivity index (χ3v) is 3.59. The van der Waals surface area contributed by atoms with Gasteiger partial charge in [0.05, 0.1) is 21.3 Å². The average Bonchev–Trinajstić information content (AvgIpc) is 2.82. The Labute approximate surface area is 129 Å². The summed E-state index contributed by atoms with van der Waals surface area (Å²) in [7, 11) is 0. The highest BCUT2D eigenvalue weighted by Crippen LogP contribution is 2.38. The molecule has 0 amide bonds. The van der Waals surface area contributed by atoms with E-state index in [1.165, 1.54) is 0 Å². The fraction of sp³-hybridized carbons (Fsp3) is 0.286. The van der Waals surface area contributed by atoms with E-state index in [9.17, 15) is 13.2 Å². The predicted octanol–water partition coefficient (Wildman–Crippen LogP) is 4.73. The summed E-state index contributed by atoms with van der Waals surface area (Å²) < 4.78 is 39.8. The molecule has 0 atom stereocenters. The van der Waals surface area contributed by atoms with Crippen molar-refractivity contribution in [3.63, 3.8) is 0 Å². The number of benzene rings is 1. The molecule has 0 unspecified atom stereocenters. The highest BCUT2D eigenvalue weighted by atomic mass is 35.5. The van der Waals surface area contributed by atoms with Gasteiger partial charge in [0.15, 0.2) is 0 Å². The van der Waals surface area contributed by atoms with Crippen LogP contribution in [-0.2, 0) is 12.6 Å². The van der Waals surface area contributed by atoms with E-state index in [0.717, 1.165) is 17.8 Å². The molecule has 1 heterocycles. The van der Waals surface area contributed by atoms with Gasteiger partial charge in [0, 0.05) is 18.5 Å². The number of halogens is 5. The fourth-order valence-corrected chi connectivity index (χ4v) is 2.73. The highest BCUT2D eigenvalue weighted by molar-refractivity contribution is 6.37. The second kappa shape index (κ2) is 6.30.